The highest BCUT2D eigenvalue weighted by Gasteiger charge is 2.32. The minimum atomic E-state index is 0.297. The molecule has 1 unspecified atom stereocenters. The van der Waals surface area contributed by atoms with Crippen LogP contribution >= 0.6 is 0 Å². The summed E-state index contributed by atoms with van der Waals surface area (Å²) in [6, 6.07) is 0.605. The Labute approximate surface area is 100 Å². The number of nitrogens with zero attached hydrogens (tertiary/aromatic N) is 2. The number of rotatable bonds is 5. The largest absolute Gasteiger partial charge is 0.312 e. The molecule has 3 nitrogen and oxygen atoms in total. The van der Waals surface area contributed by atoms with Crippen molar-refractivity contribution in [1.82, 2.24) is 15.1 Å². The van der Waals surface area contributed by atoms with Gasteiger partial charge in [-0.25, -0.2) is 0 Å². The molecular formula is C13H27N3. The fourth-order valence-corrected chi connectivity index (χ4v) is 2.18. The third kappa shape index (κ3) is 3.58. The minimum Gasteiger partial charge on any atom is -0.312 e. The van der Waals surface area contributed by atoms with Gasteiger partial charge < -0.3 is 5.32 Å². The second-order valence-electron chi connectivity index (χ2n) is 5.50. The fraction of sp³-hybridized carbons (Fsp3) is 0.846. The molecule has 0 aromatic carbocycles. The van der Waals surface area contributed by atoms with Crippen molar-refractivity contribution < 1.29 is 0 Å². The molecular weight excluding hydrogens is 198 g/mol. The molecule has 94 valence electrons. The van der Waals surface area contributed by atoms with Crippen LogP contribution in [0.5, 0.6) is 0 Å². The van der Waals surface area contributed by atoms with Gasteiger partial charge in [-0.15, -0.1) is 6.58 Å². The predicted octanol–water partition coefficient (Wildman–Crippen LogP) is 1.18. The molecule has 0 aromatic rings. The van der Waals surface area contributed by atoms with E-state index in [9.17, 15) is 0 Å². The van der Waals surface area contributed by atoms with E-state index in [1.807, 2.05) is 6.08 Å². The molecule has 0 amide bonds. The zero-order valence-electron chi connectivity index (χ0n) is 11.3. The highest BCUT2D eigenvalue weighted by Crippen LogP contribution is 2.20. The lowest BCUT2D eigenvalue weighted by molar-refractivity contribution is 0.0210. The Morgan fingerprint density at radius 2 is 2.12 bits per heavy atom. The van der Waals surface area contributed by atoms with Gasteiger partial charge in [0.05, 0.1) is 0 Å². The molecule has 1 aliphatic rings. The van der Waals surface area contributed by atoms with Crippen LogP contribution in [0, 0.1) is 0 Å². The van der Waals surface area contributed by atoms with Crippen molar-refractivity contribution in [2.75, 3.05) is 39.8 Å². The maximum absolute atomic E-state index is 3.72. The lowest BCUT2D eigenvalue weighted by atomic mass is 9.98. The van der Waals surface area contributed by atoms with Crippen LogP contribution in [-0.2, 0) is 0 Å². The molecule has 1 atom stereocenters. The van der Waals surface area contributed by atoms with Gasteiger partial charge in [0.2, 0.25) is 0 Å². The Kier molecular flexibility index (Phi) is 4.96. The molecule has 16 heavy (non-hydrogen) atoms. The molecule has 1 aliphatic heterocycles. The van der Waals surface area contributed by atoms with Gasteiger partial charge in [0.25, 0.3) is 0 Å². The molecule has 1 fully saturated rings. The molecule has 0 spiro atoms. The average molecular weight is 225 g/mol. The van der Waals surface area contributed by atoms with Crippen molar-refractivity contribution in [3.63, 3.8) is 0 Å². The van der Waals surface area contributed by atoms with Crippen LogP contribution in [0.2, 0.25) is 0 Å². The van der Waals surface area contributed by atoms with Crippen LogP contribution in [0.25, 0.3) is 0 Å². The van der Waals surface area contributed by atoms with E-state index >= 15 is 0 Å². The van der Waals surface area contributed by atoms with Crippen molar-refractivity contribution in [2.45, 2.75) is 32.4 Å². The van der Waals surface area contributed by atoms with Crippen molar-refractivity contribution in [2.24, 2.45) is 0 Å². The van der Waals surface area contributed by atoms with E-state index in [0.29, 0.717) is 11.6 Å². The van der Waals surface area contributed by atoms with Gasteiger partial charge in [0.15, 0.2) is 0 Å². The summed E-state index contributed by atoms with van der Waals surface area (Å²) in [5, 5.41) is 3.40. The van der Waals surface area contributed by atoms with Crippen molar-refractivity contribution >= 4 is 0 Å². The summed E-state index contributed by atoms with van der Waals surface area (Å²) in [5.74, 6) is 0. The van der Waals surface area contributed by atoms with Crippen LogP contribution in [-0.4, -0.2) is 61.2 Å². The van der Waals surface area contributed by atoms with Gasteiger partial charge in [-0.3, -0.25) is 9.80 Å². The second-order valence-corrected chi connectivity index (χ2v) is 5.50. The maximum atomic E-state index is 3.72. The standard InChI is InChI=1S/C13H27N3/c1-6-7-14-10-12(2)16-9-8-15(5)13(3,4)11-16/h6,12,14H,1,7-11H2,2-5H3. The third-order valence-corrected chi connectivity index (χ3v) is 3.70. The van der Waals surface area contributed by atoms with Crippen LogP contribution in [0.3, 0.4) is 0 Å². The third-order valence-electron chi connectivity index (χ3n) is 3.70. The number of hydrogen-bond acceptors (Lipinski definition) is 3. The average Bonchev–Trinajstić information content (AvgIpc) is 2.22. The molecule has 1 N–H and O–H groups in total. The predicted molar refractivity (Wildman–Crippen MR) is 70.8 cm³/mol. The maximum Gasteiger partial charge on any atom is 0.0277 e. The first-order valence-corrected chi connectivity index (χ1v) is 6.24. The van der Waals surface area contributed by atoms with Crippen LogP contribution < -0.4 is 5.32 Å². The molecule has 1 saturated heterocycles. The number of nitrogens with one attached hydrogen (secondary N) is 1. The summed E-state index contributed by atoms with van der Waals surface area (Å²) in [5.41, 5.74) is 0.297. The molecule has 0 radical (unpaired) electrons. The summed E-state index contributed by atoms with van der Waals surface area (Å²) >= 11 is 0. The van der Waals surface area contributed by atoms with E-state index in [2.05, 4.69) is 49.5 Å². The summed E-state index contributed by atoms with van der Waals surface area (Å²) in [4.78, 5) is 5.03. The highest BCUT2D eigenvalue weighted by molar-refractivity contribution is 4.90. The van der Waals surface area contributed by atoms with Gasteiger partial charge in [-0.05, 0) is 27.8 Å². The summed E-state index contributed by atoms with van der Waals surface area (Å²) in [6.45, 7) is 16.1. The highest BCUT2D eigenvalue weighted by atomic mass is 15.3. The van der Waals surface area contributed by atoms with Crippen molar-refractivity contribution in [3.05, 3.63) is 12.7 Å². The normalized spacial score (nSPS) is 24.2. The molecule has 0 bridgehead atoms. The van der Waals surface area contributed by atoms with E-state index in [0.717, 1.165) is 19.6 Å². The first-order chi connectivity index (χ1) is 7.47. The molecule has 0 aromatic heterocycles. The zero-order chi connectivity index (χ0) is 12.2. The Hall–Kier alpha value is -0.380. The van der Waals surface area contributed by atoms with Gasteiger partial charge in [0, 0.05) is 44.3 Å². The quantitative estimate of drug-likeness (QED) is 0.560. The molecule has 0 aliphatic carbocycles. The van der Waals surface area contributed by atoms with E-state index < -0.39 is 0 Å². The Morgan fingerprint density at radius 1 is 1.44 bits per heavy atom. The molecule has 1 heterocycles. The number of likely N-dealkylation sites (N-methyl/N-ethyl adjacent to an activating group) is 1. The fourth-order valence-electron chi connectivity index (χ4n) is 2.18. The smallest absolute Gasteiger partial charge is 0.0277 e. The van der Waals surface area contributed by atoms with Gasteiger partial charge >= 0.3 is 0 Å². The Morgan fingerprint density at radius 3 is 2.69 bits per heavy atom. The van der Waals surface area contributed by atoms with Gasteiger partial charge in [-0.2, -0.15) is 0 Å². The summed E-state index contributed by atoms with van der Waals surface area (Å²) in [6.07, 6.45) is 1.92. The number of hydrogen-bond donors (Lipinski definition) is 1. The number of piperazine rings is 1. The SMILES string of the molecule is C=CCNCC(C)N1CCN(C)C(C)(C)C1. The van der Waals surface area contributed by atoms with E-state index in [4.69, 9.17) is 0 Å². The second kappa shape index (κ2) is 5.80. The first kappa shape index (κ1) is 13.7. The lowest BCUT2D eigenvalue weighted by Crippen LogP contribution is -2.60. The summed E-state index contributed by atoms with van der Waals surface area (Å²) < 4.78 is 0. The Bertz CT molecular complexity index is 225. The molecule has 0 saturated carbocycles. The Balaban J connectivity index is 2.39. The molecule has 3 heteroatoms. The topological polar surface area (TPSA) is 18.5 Å². The van der Waals surface area contributed by atoms with Crippen molar-refractivity contribution in [3.8, 4) is 0 Å². The van der Waals surface area contributed by atoms with Crippen LogP contribution in [0.4, 0.5) is 0 Å². The van der Waals surface area contributed by atoms with Crippen LogP contribution in [0.1, 0.15) is 20.8 Å². The summed E-state index contributed by atoms with van der Waals surface area (Å²) in [7, 11) is 2.22. The van der Waals surface area contributed by atoms with Crippen molar-refractivity contribution in [1.29, 1.82) is 0 Å². The minimum absolute atomic E-state index is 0.297. The molecule has 1 rings (SSSR count). The zero-order valence-corrected chi connectivity index (χ0v) is 11.3. The van der Waals surface area contributed by atoms with E-state index in [1.54, 1.807) is 0 Å². The first-order valence-electron chi connectivity index (χ1n) is 6.24. The van der Waals surface area contributed by atoms with Gasteiger partial charge in [-0.1, -0.05) is 6.08 Å². The van der Waals surface area contributed by atoms with Crippen LogP contribution in [0.15, 0.2) is 12.7 Å². The van der Waals surface area contributed by atoms with Gasteiger partial charge in [0.1, 0.15) is 0 Å². The van der Waals surface area contributed by atoms with E-state index in [1.165, 1.54) is 13.1 Å². The monoisotopic (exact) mass is 225 g/mol. The lowest BCUT2D eigenvalue weighted by Gasteiger charge is -2.47. The van der Waals surface area contributed by atoms with E-state index in [-0.39, 0.29) is 0 Å².